The molecule has 33 heavy (non-hydrogen) atoms. The number of piperidine rings is 1. The Morgan fingerprint density at radius 3 is 2.61 bits per heavy atom. The van der Waals surface area contributed by atoms with E-state index in [0.29, 0.717) is 13.3 Å². The predicted molar refractivity (Wildman–Crippen MR) is 125 cm³/mol. The molecule has 2 saturated heterocycles. The second-order valence-corrected chi connectivity index (χ2v) is 8.99. The number of para-hydroxylation sites is 2. The number of nitrogens with one attached hydrogen (secondary N) is 1. The molecule has 170 valence electrons. The largest absolute Gasteiger partial charge is 0.491 e. The van der Waals surface area contributed by atoms with Crippen molar-refractivity contribution in [2.45, 2.75) is 31.3 Å². The number of carbonyl (C=O) groups is 1. The topological polar surface area (TPSA) is 75.5 Å². The number of fused-ring (bicyclic) bond motifs is 3. The van der Waals surface area contributed by atoms with Crippen LogP contribution in [0.1, 0.15) is 18.7 Å². The lowest BCUT2D eigenvalue weighted by Crippen LogP contribution is -2.56. The maximum atomic E-state index is 12.9. The first kappa shape index (κ1) is 20.2. The van der Waals surface area contributed by atoms with Crippen molar-refractivity contribution in [3.8, 4) is 17.1 Å². The summed E-state index contributed by atoms with van der Waals surface area (Å²) >= 11 is 0. The van der Waals surface area contributed by atoms with E-state index in [1.165, 1.54) is 0 Å². The normalized spacial score (nSPS) is 19.5. The highest BCUT2D eigenvalue weighted by Crippen LogP contribution is 2.36. The number of likely N-dealkylation sites (tertiary alicyclic amines) is 1. The zero-order valence-electron chi connectivity index (χ0n) is 18.6. The second-order valence-electron chi connectivity index (χ2n) is 8.99. The summed E-state index contributed by atoms with van der Waals surface area (Å²) in [6.07, 6.45) is 2.48. The molecule has 2 fully saturated rings. The fourth-order valence-corrected chi connectivity index (χ4v) is 5.42. The number of anilines is 1. The van der Waals surface area contributed by atoms with Crippen molar-refractivity contribution in [1.29, 1.82) is 0 Å². The minimum atomic E-state index is -0.440. The maximum Gasteiger partial charge on any atom is 0.247 e. The van der Waals surface area contributed by atoms with Crippen molar-refractivity contribution in [1.82, 2.24) is 25.0 Å². The van der Waals surface area contributed by atoms with Crippen LogP contribution in [0.3, 0.4) is 0 Å². The lowest BCUT2D eigenvalue weighted by atomic mass is 9.85. The van der Waals surface area contributed by atoms with E-state index in [2.05, 4.69) is 42.0 Å². The van der Waals surface area contributed by atoms with E-state index in [0.717, 1.165) is 74.1 Å². The molecule has 3 aliphatic rings. The van der Waals surface area contributed by atoms with Gasteiger partial charge in [0.15, 0.2) is 5.82 Å². The van der Waals surface area contributed by atoms with Crippen molar-refractivity contribution in [2.75, 3.05) is 37.8 Å². The first-order valence-corrected chi connectivity index (χ1v) is 11.7. The average Bonchev–Trinajstić information content (AvgIpc) is 3.34. The molecule has 6 rings (SSSR count). The molecule has 0 atom stereocenters. The highest BCUT2D eigenvalue weighted by Gasteiger charge is 2.50. The Bertz CT molecular complexity index is 1150. The molecule has 4 heterocycles. The van der Waals surface area contributed by atoms with Gasteiger partial charge < -0.3 is 24.4 Å². The molecular weight excluding hydrogens is 416 g/mol. The Kier molecular flexibility index (Phi) is 5.02. The first-order chi connectivity index (χ1) is 16.2. The van der Waals surface area contributed by atoms with Crippen LogP contribution in [0.15, 0.2) is 54.6 Å². The number of aromatic nitrogens is 3. The quantitative estimate of drug-likeness (QED) is 0.666. The third-order valence-electron chi connectivity index (χ3n) is 7.27. The van der Waals surface area contributed by atoms with Crippen LogP contribution in [0.25, 0.3) is 11.4 Å². The Hall–Kier alpha value is -3.39. The van der Waals surface area contributed by atoms with Gasteiger partial charge in [0, 0.05) is 31.7 Å². The molecule has 1 amide bonds. The maximum absolute atomic E-state index is 12.9. The predicted octanol–water partition coefficient (Wildman–Crippen LogP) is 2.31. The number of nitrogens with zero attached hydrogens (tertiary/aromatic N) is 5. The molecule has 0 unspecified atom stereocenters. The lowest BCUT2D eigenvalue weighted by Gasteiger charge is -2.43. The summed E-state index contributed by atoms with van der Waals surface area (Å²) < 4.78 is 8.10. The van der Waals surface area contributed by atoms with Crippen molar-refractivity contribution in [3.63, 3.8) is 0 Å². The number of benzene rings is 2. The summed E-state index contributed by atoms with van der Waals surface area (Å²) in [5, 5.41) is 12.1. The van der Waals surface area contributed by atoms with Crippen LogP contribution < -0.4 is 15.0 Å². The molecule has 0 saturated carbocycles. The van der Waals surface area contributed by atoms with E-state index in [4.69, 9.17) is 4.74 Å². The summed E-state index contributed by atoms with van der Waals surface area (Å²) in [5.74, 6) is 2.91. The van der Waals surface area contributed by atoms with Crippen molar-refractivity contribution in [3.05, 3.63) is 60.4 Å². The number of hydrogen-bond donors (Lipinski definition) is 1. The number of hydrogen-bond acceptors (Lipinski definition) is 6. The molecule has 3 aliphatic heterocycles. The van der Waals surface area contributed by atoms with Crippen molar-refractivity contribution < 1.29 is 9.53 Å². The van der Waals surface area contributed by atoms with Crippen LogP contribution in [-0.4, -0.2) is 64.0 Å². The van der Waals surface area contributed by atoms with E-state index in [1.54, 1.807) is 0 Å². The van der Waals surface area contributed by atoms with Crippen molar-refractivity contribution >= 4 is 11.6 Å². The van der Waals surface area contributed by atoms with Crippen LogP contribution in [0, 0.1) is 0 Å². The van der Waals surface area contributed by atoms with Crippen molar-refractivity contribution in [2.24, 2.45) is 0 Å². The van der Waals surface area contributed by atoms with Crippen LogP contribution in [0.4, 0.5) is 5.69 Å². The highest BCUT2D eigenvalue weighted by atomic mass is 16.5. The van der Waals surface area contributed by atoms with Gasteiger partial charge in [-0.2, -0.15) is 0 Å². The monoisotopic (exact) mass is 444 g/mol. The smallest absolute Gasteiger partial charge is 0.247 e. The Morgan fingerprint density at radius 2 is 1.76 bits per heavy atom. The zero-order valence-corrected chi connectivity index (χ0v) is 18.6. The standard InChI is InChI=1S/C25H28N6O2/c32-24-25(31(18-26-24)19-6-2-1-3-7-19)11-14-29(15-12-25)13-10-22-27-28-23-20-8-4-5-9-21(20)33-17-16-30(22)23/h1-9H,10-18H2,(H,26,32). The molecular formula is C25H28N6O2. The van der Waals surface area contributed by atoms with Gasteiger partial charge in [-0.3, -0.25) is 4.79 Å². The fourth-order valence-electron chi connectivity index (χ4n) is 5.42. The van der Waals surface area contributed by atoms with Gasteiger partial charge in [0.05, 0.1) is 18.8 Å². The average molecular weight is 445 g/mol. The molecule has 1 spiro atoms. The molecule has 0 radical (unpaired) electrons. The lowest BCUT2D eigenvalue weighted by molar-refractivity contribution is -0.125. The molecule has 1 aromatic heterocycles. The first-order valence-electron chi connectivity index (χ1n) is 11.7. The van der Waals surface area contributed by atoms with E-state index >= 15 is 0 Å². The highest BCUT2D eigenvalue weighted by molar-refractivity contribution is 5.93. The third-order valence-corrected chi connectivity index (χ3v) is 7.27. The van der Waals surface area contributed by atoms with Gasteiger partial charge in [0.25, 0.3) is 0 Å². The number of carbonyl (C=O) groups excluding carboxylic acids is 1. The summed E-state index contributed by atoms with van der Waals surface area (Å²) in [6, 6.07) is 18.3. The Balaban J connectivity index is 1.13. The number of amides is 1. The van der Waals surface area contributed by atoms with Gasteiger partial charge in [-0.25, -0.2) is 0 Å². The Morgan fingerprint density at radius 1 is 0.970 bits per heavy atom. The van der Waals surface area contributed by atoms with Crippen LogP contribution in [-0.2, 0) is 17.8 Å². The van der Waals surface area contributed by atoms with Crippen LogP contribution in [0.5, 0.6) is 5.75 Å². The Labute approximate surface area is 193 Å². The van der Waals surface area contributed by atoms with E-state index in [9.17, 15) is 4.79 Å². The summed E-state index contributed by atoms with van der Waals surface area (Å²) in [7, 11) is 0. The van der Waals surface area contributed by atoms with Gasteiger partial charge in [0.1, 0.15) is 23.7 Å². The van der Waals surface area contributed by atoms with E-state index < -0.39 is 5.54 Å². The fraction of sp³-hybridized carbons (Fsp3) is 0.400. The van der Waals surface area contributed by atoms with E-state index in [-0.39, 0.29) is 5.91 Å². The molecule has 3 aromatic rings. The van der Waals surface area contributed by atoms with Gasteiger partial charge >= 0.3 is 0 Å². The molecule has 1 N–H and O–H groups in total. The molecule has 0 bridgehead atoms. The number of ether oxygens (including phenoxy) is 1. The zero-order chi connectivity index (χ0) is 22.3. The van der Waals surface area contributed by atoms with Gasteiger partial charge in [0.2, 0.25) is 5.91 Å². The SMILES string of the molecule is O=C1NCN(c2ccccc2)C12CCN(CCc1nnc3n1CCOc1ccccc1-3)CC2. The second kappa shape index (κ2) is 8.19. The van der Waals surface area contributed by atoms with Gasteiger partial charge in [-0.05, 0) is 37.1 Å². The minimum Gasteiger partial charge on any atom is -0.491 e. The summed E-state index contributed by atoms with van der Waals surface area (Å²) in [5.41, 5.74) is 1.67. The van der Waals surface area contributed by atoms with Crippen LogP contribution in [0.2, 0.25) is 0 Å². The molecule has 2 aromatic carbocycles. The summed E-state index contributed by atoms with van der Waals surface area (Å²) in [4.78, 5) is 17.6. The minimum absolute atomic E-state index is 0.160. The third kappa shape index (κ3) is 3.45. The number of rotatable bonds is 4. The van der Waals surface area contributed by atoms with Gasteiger partial charge in [-0.1, -0.05) is 30.3 Å². The molecule has 8 nitrogen and oxygen atoms in total. The van der Waals surface area contributed by atoms with Crippen LogP contribution >= 0.6 is 0 Å². The van der Waals surface area contributed by atoms with E-state index in [1.807, 2.05) is 42.5 Å². The summed E-state index contributed by atoms with van der Waals surface area (Å²) in [6.45, 7) is 4.64. The van der Waals surface area contributed by atoms with Gasteiger partial charge in [-0.15, -0.1) is 10.2 Å². The molecule has 0 aliphatic carbocycles. The molecule has 8 heteroatoms.